The van der Waals surface area contributed by atoms with Gasteiger partial charge in [-0.15, -0.1) is 24.0 Å². The number of ether oxygens (including phenoxy) is 1. The lowest BCUT2D eigenvalue weighted by molar-refractivity contribution is 0.322. The summed E-state index contributed by atoms with van der Waals surface area (Å²) in [6.07, 6.45) is 0. The maximum absolute atomic E-state index is 6.13. The van der Waals surface area contributed by atoms with Crippen molar-refractivity contribution < 1.29 is 4.74 Å². The number of hydrogen-bond donors (Lipinski definition) is 2. The van der Waals surface area contributed by atoms with Gasteiger partial charge in [-0.25, -0.2) is 4.99 Å². The molecule has 22 heavy (non-hydrogen) atoms. The van der Waals surface area contributed by atoms with Gasteiger partial charge in [0, 0.05) is 17.1 Å². The van der Waals surface area contributed by atoms with Crippen LogP contribution in [-0.2, 0) is 6.54 Å². The molecule has 0 unspecified atom stereocenters. The molecule has 6 heteroatoms. The van der Waals surface area contributed by atoms with E-state index in [1.807, 2.05) is 48.5 Å². The number of fused-ring (bicyclic) bond motifs is 1. The quantitative estimate of drug-likeness (QED) is 0.575. The van der Waals surface area contributed by atoms with Gasteiger partial charge in [0.05, 0.1) is 12.2 Å². The van der Waals surface area contributed by atoms with Gasteiger partial charge in [-0.2, -0.15) is 0 Å². The van der Waals surface area contributed by atoms with Crippen molar-refractivity contribution in [2.45, 2.75) is 6.54 Å². The molecule has 0 saturated carbocycles. The van der Waals surface area contributed by atoms with Gasteiger partial charge in [-0.1, -0.05) is 35.9 Å². The van der Waals surface area contributed by atoms with Crippen LogP contribution in [0, 0.1) is 0 Å². The first-order valence-corrected chi connectivity index (χ1v) is 7.22. The van der Waals surface area contributed by atoms with Crippen LogP contribution in [0.2, 0.25) is 5.02 Å². The smallest absolute Gasteiger partial charge is 0.196 e. The number of para-hydroxylation sites is 1. The fourth-order valence-corrected chi connectivity index (χ4v) is 2.35. The summed E-state index contributed by atoms with van der Waals surface area (Å²) in [5.74, 6) is 1.62. The number of guanidine groups is 1. The van der Waals surface area contributed by atoms with Crippen LogP contribution in [0.25, 0.3) is 0 Å². The van der Waals surface area contributed by atoms with Crippen LogP contribution in [-0.4, -0.2) is 19.1 Å². The fourth-order valence-electron chi connectivity index (χ4n) is 2.12. The lowest BCUT2D eigenvalue weighted by Crippen LogP contribution is -2.40. The zero-order chi connectivity index (χ0) is 14.5. The van der Waals surface area contributed by atoms with Crippen LogP contribution in [0.1, 0.15) is 5.56 Å². The molecule has 0 fully saturated rings. The van der Waals surface area contributed by atoms with E-state index in [0.29, 0.717) is 19.7 Å². The van der Waals surface area contributed by atoms with Crippen molar-refractivity contribution in [2.75, 3.05) is 13.2 Å². The summed E-state index contributed by atoms with van der Waals surface area (Å²) in [5.41, 5.74) is 1.94. The number of aliphatic imine (C=N–C) groups is 1. The highest BCUT2D eigenvalue weighted by Gasteiger charge is 2.13. The highest BCUT2D eigenvalue weighted by Crippen LogP contribution is 2.28. The van der Waals surface area contributed by atoms with E-state index in [1.165, 1.54) is 0 Å². The van der Waals surface area contributed by atoms with Crippen molar-refractivity contribution >= 4 is 47.2 Å². The van der Waals surface area contributed by atoms with Crippen LogP contribution in [0.5, 0.6) is 5.75 Å². The molecule has 0 bridgehead atoms. The molecule has 1 heterocycles. The first-order chi connectivity index (χ1) is 10.3. The minimum atomic E-state index is 0. The number of nitrogens with zero attached hydrogens (tertiary/aromatic N) is 1. The predicted molar refractivity (Wildman–Crippen MR) is 101 cm³/mol. The third kappa shape index (κ3) is 4.27. The molecule has 0 atom stereocenters. The Morgan fingerprint density at radius 3 is 2.77 bits per heavy atom. The Bertz CT molecular complexity index is 649. The van der Waals surface area contributed by atoms with Gasteiger partial charge in [-0.05, 0) is 24.3 Å². The van der Waals surface area contributed by atoms with Gasteiger partial charge in [0.25, 0.3) is 0 Å². The summed E-state index contributed by atoms with van der Waals surface area (Å²) < 4.78 is 5.62. The lowest BCUT2D eigenvalue weighted by atomic mass is 10.1. The summed E-state index contributed by atoms with van der Waals surface area (Å²) in [7, 11) is 0. The molecular formula is C16H17ClIN3O. The van der Waals surface area contributed by atoms with Gasteiger partial charge in [0.15, 0.2) is 5.96 Å². The van der Waals surface area contributed by atoms with Gasteiger partial charge in [0.2, 0.25) is 0 Å². The summed E-state index contributed by atoms with van der Waals surface area (Å²) >= 11 is 6.13. The van der Waals surface area contributed by atoms with Crippen molar-refractivity contribution in [1.29, 1.82) is 0 Å². The number of halogens is 2. The number of hydrogen-bond acceptors (Lipinski definition) is 4. The van der Waals surface area contributed by atoms with E-state index in [1.54, 1.807) is 0 Å². The van der Waals surface area contributed by atoms with E-state index >= 15 is 0 Å². The van der Waals surface area contributed by atoms with E-state index in [0.717, 1.165) is 28.0 Å². The van der Waals surface area contributed by atoms with Crippen molar-refractivity contribution in [3.63, 3.8) is 0 Å². The maximum Gasteiger partial charge on any atom is 0.196 e. The van der Waals surface area contributed by atoms with Gasteiger partial charge in [0.1, 0.15) is 12.4 Å². The summed E-state index contributed by atoms with van der Waals surface area (Å²) in [5, 5.41) is 7.18. The van der Waals surface area contributed by atoms with E-state index in [-0.39, 0.29) is 24.0 Å². The topological polar surface area (TPSA) is 45.6 Å². The number of nitrogens with one attached hydrogen (secondary N) is 2. The molecule has 0 radical (unpaired) electrons. The van der Waals surface area contributed by atoms with Crippen molar-refractivity contribution in [1.82, 2.24) is 10.6 Å². The van der Waals surface area contributed by atoms with Crippen molar-refractivity contribution in [3.8, 4) is 5.75 Å². The third-order valence-corrected chi connectivity index (χ3v) is 3.52. The Morgan fingerprint density at radius 1 is 1.14 bits per heavy atom. The highest BCUT2D eigenvalue weighted by atomic mass is 127. The van der Waals surface area contributed by atoms with Crippen molar-refractivity contribution in [3.05, 3.63) is 59.1 Å². The van der Waals surface area contributed by atoms with E-state index in [4.69, 9.17) is 16.3 Å². The minimum Gasteiger partial charge on any atom is -0.492 e. The standard InChI is InChI=1S/C16H16ClN3O.HI/c17-14-7-4-8-15-13(14)11-19-16(20-15)18-9-10-21-12-5-2-1-3-6-12;/h1-8H,9-11H2,(H2,18,19,20);1H. The van der Waals surface area contributed by atoms with Crippen LogP contribution in [0.3, 0.4) is 0 Å². The molecule has 1 aliphatic heterocycles. The van der Waals surface area contributed by atoms with Crippen LogP contribution in [0.15, 0.2) is 53.5 Å². The number of rotatable bonds is 4. The first kappa shape index (κ1) is 16.9. The molecule has 1 aliphatic rings. The molecule has 0 aromatic heterocycles. The molecule has 4 nitrogen and oxygen atoms in total. The molecule has 2 aromatic carbocycles. The van der Waals surface area contributed by atoms with Crippen molar-refractivity contribution in [2.24, 2.45) is 4.99 Å². The minimum absolute atomic E-state index is 0. The zero-order valence-corrected chi connectivity index (χ0v) is 15.0. The molecule has 0 spiro atoms. The van der Waals surface area contributed by atoms with E-state index in [9.17, 15) is 0 Å². The summed E-state index contributed by atoms with van der Waals surface area (Å²) in [4.78, 5) is 4.51. The Hall–Kier alpha value is -1.47. The number of benzene rings is 2. The molecule has 116 valence electrons. The molecule has 0 amide bonds. The molecule has 2 N–H and O–H groups in total. The average molecular weight is 430 g/mol. The van der Waals surface area contributed by atoms with Crippen LogP contribution < -0.4 is 15.4 Å². The second-order valence-electron chi connectivity index (χ2n) is 4.64. The monoisotopic (exact) mass is 429 g/mol. The lowest BCUT2D eigenvalue weighted by Gasteiger charge is -2.19. The predicted octanol–water partition coefficient (Wildman–Crippen LogP) is 3.72. The third-order valence-electron chi connectivity index (χ3n) is 3.17. The Labute approximate surface area is 151 Å². The molecule has 0 saturated heterocycles. The summed E-state index contributed by atoms with van der Waals surface area (Å²) in [6.45, 7) is 1.93. The van der Waals surface area contributed by atoms with Crippen LogP contribution in [0.4, 0.5) is 5.69 Å². The average Bonchev–Trinajstić information content (AvgIpc) is 2.53. The van der Waals surface area contributed by atoms with Gasteiger partial charge >= 0.3 is 0 Å². The van der Waals surface area contributed by atoms with Crippen LogP contribution >= 0.6 is 35.6 Å². The van der Waals surface area contributed by atoms with Gasteiger partial charge < -0.3 is 15.4 Å². The Balaban J connectivity index is 0.00000176. The second kappa shape index (κ2) is 8.24. The fraction of sp³-hybridized carbons (Fsp3) is 0.188. The first-order valence-electron chi connectivity index (χ1n) is 6.84. The largest absolute Gasteiger partial charge is 0.492 e. The SMILES string of the molecule is Clc1cccc2c1CNC(NCCOc1ccccc1)=N2.I. The Kier molecular flexibility index (Phi) is 6.33. The molecule has 2 aromatic rings. The molecular weight excluding hydrogens is 413 g/mol. The zero-order valence-electron chi connectivity index (χ0n) is 11.9. The highest BCUT2D eigenvalue weighted by molar-refractivity contribution is 14.0. The second-order valence-corrected chi connectivity index (χ2v) is 5.05. The van der Waals surface area contributed by atoms with Gasteiger partial charge in [-0.3, -0.25) is 0 Å². The summed E-state index contributed by atoms with van der Waals surface area (Å²) in [6, 6.07) is 15.5. The maximum atomic E-state index is 6.13. The van der Waals surface area contributed by atoms with E-state index in [2.05, 4.69) is 15.6 Å². The normalized spacial score (nSPS) is 12.3. The molecule has 3 rings (SSSR count). The molecule has 0 aliphatic carbocycles. The van der Waals surface area contributed by atoms with E-state index < -0.39 is 0 Å². The Morgan fingerprint density at radius 2 is 1.95 bits per heavy atom.